The number of aromatic nitrogens is 14. The summed E-state index contributed by atoms with van der Waals surface area (Å²) in [6.45, 7) is 5.38. The monoisotopic (exact) mass is 2390 g/mol. The molecule has 0 aliphatic carbocycles. The van der Waals surface area contributed by atoms with Crippen LogP contribution in [-0.2, 0) is 80.4 Å². The van der Waals surface area contributed by atoms with Crippen LogP contribution in [0.5, 0.6) is 0 Å². The van der Waals surface area contributed by atoms with Gasteiger partial charge >= 0.3 is 0 Å². The quantitative estimate of drug-likeness (QED) is 0.105. The van der Waals surface area contributed by atoms with Crippen LogP contribution in [0, 0.1) is 83.1 Å². The summed E-state index contributed by atoms with van der Waals surface area (Å²) in [5, 5.41) is 0. The average molecular weight is 2390 g/mol. The summed E-state index contributed by atoms with van der Waals surface area (Å²) in [6, 6.07) is 135. The smallest absolute Gasteiger partial charge is 0.162 e. The Morgan fingerprint density at radius 3 is 0.829 bits per heavy atom. The summed E-state index contributed by atoms with van der Waals surface area (Å²) >= 11 is 0. The normalized spacial score (nSPS) is 10.2. The van der Waals surface area contributed by atoms with Crippen molar-refractivity contribution in [2.24, 2.45) is 0 Å². The molecule has 0 saturated carbocycles. The van der Waals surface area contributed by atoms with Gasteiger partial charge in [-0.2, -0.15) is 0 Å². The van der Waals surface area contributed by atoms with Gasteiger partial charge in [-0.05, 0) is 156 Å². The summed E-state index contributed by atoms with van der Waals surface area (Å²) in [6.07, 6.45) is 23.6. The molecule has 8 aromatic carbocycles. The van der Waals surface area contributed by atoms with Crippen molar-refractivity contribution in [2.45, 2.75) is 34.5 Å². The van der Waals surface area contributed by atoms with Gasteiger partial charge in [0.05, 0.1) is 5.69 Å². The molecule has 0 atom stereocenters. The first-order valence-corrected chi connectivity index (χ1v) is 40.0. The molecule has 0 unspecified atom stereocenters. The van der Waals surface area contributed by atoms with Crippen molar-refractivity contribution in [3.8, 4) is 135 Å². The minimum atomic E-state index is -2.37. The minimum absolute atomic E-state index is 0. The van der Waals surface area contributed by atoms with E-state index in [1.807, 2.05) is 367 Å². The molecule has 12 aromatic heterocycles. The van der Waals surface area contributed by atoms with Crippen LogP contribution in [0.2, 0.25) is 0 Å². The van der Waals surface area contributed by atoms with Crippen LogP contribution in [0.1, 0.15) is 32.5 Å². The van der Waals surface area contributed by atoms with Gasteiger partial charge in [-0.1, -0.05) is 103 Å². The molecule has 129 heavy (non-hydrogen) atoms. The third-order valence-electron chi connectivity index (χ3n) is 18.3. The second-order valence-electron chi connectivity index (χ2n) is 27.5. The largest absolute Gasteiger partial charge is 0.305 e. The Morgan fingerprint density at radius 2 is 0.512 bits per heavy atom. The van der Waals surface area contributed by atoms with E-state index in [1.165, 1.54) is 16.7 Å². The number of pyridine rings is 11. The number of nitrogens with zero attached hydrogens (tertiary/aromatic N) is 14. The van der Waals surface area contributed by atoms with E-state index in [0.29, 0.717) is 17.2 Å². The third-order valence-corrected chi connectivity index (χ3v) is 18.3. The predicted octanol–water partition coefficient (Wildman–Crippen LogP) is 25.0. The Hall–Kier alpha value is -14.0. The molecule has 20 aromatic rings. The molecule has 0 aliphatic rings. The van der Waals surface area contributed by atoms with Crippen molar-refractivity contribution < 1.29 is 84.5 Å². The van der Waals surface area contributed by atoms with Gasteiger partial charge in [-0.15, -0.1) is 287 Å². The van der Waals surface area contributed by atoms with Crippen LogP contribution < -0.4 is 0 Å². The zero-order valence-electron chi connectivity index (χ0n) is 73.4. The molecule has 0 fully saturated rings. The molecule has 0 N–H and O–H groups in total. The second kappa shape index (κ2) is 54.1. The van der Waals surface area contributed by atoms with Crippen LogP contribution in [0.25, 0.3) is 135 Å². The van der Waals surface area contributed by atoms with Crippen molar-refractivity contribution in [3.63, 3.8) is 0 Å². The number of hydrogen-bond donors (Lipinski definition) is 0. The molecule has 642 valence electrons. The van der Waals surface area contributed by atoms with E-state index in [9.17, 15) is 0 Å². The maximum atomic E-state index is 7.47. The fraction of sp³-hybridized carbons (Fsp3) is 0.0450. The van der Waals surface area contributed by atoms with Gasteiger partial charge in [-0.25, -0.2) is 15.0 Å². The van der Waals surface area contributed by atoms with Crippen LogP contribution in [-0.4, -0.2) is 69.8 Å². The summed E-state index contributed by atoms with van der Waals surface area (Å²) in [5.74, 6) is 0.485. The Kier molecular flexibility index (Phi) is 39.5. The molecule has 0 amide bonds. The van der Waals surface area contributed by atoms with Gasteiger partial charge in [0, 0.05) is 182 Å². The van der Waals surface area contributed by atoms with Crippen molar-refractivity contribution >= 4 is 0 Å². The van der Waals surface area contributed by atoms with Gasteiger partial charge < -0.3 is 39.9 Å². The molecule has 0 spiro atoms. The molecule has 20 rings (SSSR count). The molecule has 0 aliphatic heterocycles. The second-order valence-corrected chi connectivity index (χ2v) is 27.5. The van der Waals surface area contributed by atoms with E-state index < -0.39 is 6.85 Å². The summed E-state index contributed by atoms with van der Waals surface area (Å²) in [5.41, 5.74) is 26.0. The number of aryl methyl sites for hydroxylation is 5. The molecular weight excluding hydrogens is 2300 g/mol. The standard InChI is InChI=1S/C16H13N4.3C16H11N2.3C12H10N.C11H8N.4Ir/c1-11-18-12(2)20-16(19-11)14-8-9-17-15(10-14)13-6-4-3-5-7-13;1-2-6-13(7-3-1)16-10-9-14(12-18-16)15-8-4-5-11-17-15;1-2-5-13(6-3-1)16-9-8-15(12-18-16)14-7-4-10-17-11-14;1-2-4-14(5-3-1)16-7-6-15(12-18-16)13-8-10-17-11-9-13;3*1-10-7-8-12(13-9-10)11-5-3-2-4-6-11;1-2-6-10(7-3-1)11-8-4-5-9-12-11;;;;/h3-6,8-10H,1-2H3;1-6,8-12H;1-5,7-12H;1-4,6-12H;3*2-5,7-9H,1H3;1-6,8-9H;;;;/q8*-1;;;;/i1D3;;;;;;;;;;;. The fourth-order valence-electron chi connectivity index (χ4n) is 11.9. The Balaban J connectivity index is 0.000000170. The molecule has 18 heteroatoms. The van der Waals surface area contributed by atoms with Crippen LogP contribution >= 0.6 is 0 Å². The zero-order chi connectivity index (χ0) is 88.6. The summed E-state index contributed by atoms with van der Waals surface area (Å²) < 4.78 is 22.4. The van der Waals surface area contributed by atoms with Crippen molar-refractivity contribution in [2.75, 3.05) is 0 Å². The topological polar surface area (TPSA) is 180 Å². The van der Waals surface area contributed by atoms with Gasteiger partial charge in [0.2, 0.25) is 0 Å². The SMILES string of the molecule is Cc1ccc(-c2[c-]cccc2)nc1.Cc1ccc(-c2[c-]cccc2)nc1.Cc1ccc(-c2[c-]cccc2)nc1.[2H]C([2H])([2H])c1nc(C)nc(-c2ccnc(-c3[c-]cccc3)c2)n1.[Ir].[Ir].[Ir].[Ir].[c-]1ccccc1-c1ccc(-c2ccccn2)cn1.[c-]1ccccc1-c1ccc(-c2cccnc2)cn1.[c-]1ccccc1-c1ccc(-c2ccncc2)cn1.[c-]1ccccc1-c1ccccn1. The average Bonchev–Trinajstić information content (AvgIpc) is 0.803. The Labute approximate surface area is 814 Å². The maximum absolute atomic E-state index is 7.47. The third kappa shape index (κ3) is 31.8. The first-order valence-electron chi connectivity index (χ1n) is 41.5. The fourth-order valence-corrected chi connectivity index (χ4v) is 11.9. The van der Waals surface area contributed by atoms with Crippen LogP contribution in [0.3, 0.4) is 0 Å². The zero-order valence-corrected chi connectivity index (χ0v) is 80.0. The first kappa shape index (κ1) is 94.2. The molecule has 4 radical (unpaired) electrons. The number of benzene rings is 8. The molecule has 14 nitrogen and oxygen atoms in total. The van der Waals surface area contributed by atoms with Crippen LogP contribution in [0.4, 0.5) is 0 Å². The van der Waals surface area contributed by atoms with E-state index in [-0.39, 0.29) is 86.2 Å². The Bertz CT molecular complexity index is 5910. The first-order chi connectivity index (χ1) is 62.8. The maximum Gasteiger partial charge on any atom is 0.162 e. The van der Waals surface area contributed by atoms with Gasteiger partial charge in [0.15, 0.2) is 5.82 Å². The van der Waals surface area contributed by atoms with E-state index in [2.05, 4.69) is 149 Å². The number of hydrogen-bond acceptors (Lipinski definition) is 14. The number of rotatable bonds is 12. The van der Waals surface area contributed by atoms with E-state index >= 15 is 0 Å². The Morgan fingerprint density at radius 1 is 0.202 bits per heavy atom. The summed E-state index contributed by atoms with van der Waals surface area (Å²) in [7, 11) is 0. The van der Waals surface area contributed by atoms with Crippen molar-refractivity contribution in [1.29, 1.82) is 0 Å². The van der Waals surface area contributed by atoms with Crippen LogP contribution in [0.15, 0.2) is 420 Å². The van der Waals surface area contributed by atoms with Gasteiger partial charge in [0.1, 0.15) is 11.6 Å². The molecule has 0 bridgehead atoms. The predicted molar refractivity (Wildman–Crippen MR) is 500 cm³/mol. The van der Waals surface area contributed by atoms with E-state index in [4.69, 9.17) is 4.11 Å². The van der Waals surface area contributed by atoms with Gasteiger partial charge in [0.25, 0.3) is 0 Å². The summed E-state index contributed by atoms with van der Waals surface area (Å²) in [4.78, 5) is 59.5. The van der Waals surface area contributed by atoms with Gasteiger partial charge in [-0.3, -0.25) is 15.0 Å². The van der Waals surface area contributed by atoms with Crippen molar-refractivity contribution in [3.05, 3.63) is 497 Å². The molecule has 12 heterocycles. The van der Waals surface area contributed by atoms with E-state index in [0.717, 1.165) is 124 Å². The van der Waals surface area contributed by atoms with Crippen molar-refractivity contribution in [1.82, 2.24) is 69.8 Å². The molecule has 0 saturated heterocycles. The minimum Gasteiger partial charge on any atom is -0.305 e. The molecular formula is C111H84Ir4N14-8. The van der Waals surface area contributed by atoms with E-state index in [1.54, 1.807) is 50.2 Å².